The van der Waals surface area contributed by atoms with Gasteiger partial charge in [0.25, 0.3) is 0 Å². The Hall–Kier alpha value is -1.47. The summed E-state index contributed by atoms with van der Waals surface area (Å²) in [6.07, 6.45) is -5.10. The molecule has 2 rings (SSSR count). The Morgan fingerprint density at radius 3 is 2.71 bits per heavy atom. The number of nitrogens with one attached hydrogen (secondary N) is 1. The number of hydrogen-bond donors (Lipinski definition) is 2. The molecule has 2 N–H and O–H groups in total. The second kappa shape index (κ2) is 6.11. The maximum absolute atomic E-state index is 12.8. The fourth-order valence-corrected chi connectivity index (χ4v) is 2.66. The average molecular weight is 323 g/mol. The minimum absolute atomic E-state index is 0.154. The molecule has 1 amide bonds. The largest absolute Gasteiger partial charge is 0.465 e. The Morgan fingerprint density at radius 2 is 2.19 bits per heavy atom. The van der Waals surface area contributed by atoms with Gasteiger partial charge in [-0.25, -0.2) is 4.79 Å². The minimum Gasteiger partial charge on any atom is -0.465 e. The van der Waals surface area contributed by atoms with Gasteiger partial charge in [-0.3, -0.25) is 4.90 Å². The highest BCUT2D eigenvalue weighted by Gasteiger charge is 2.34. The van der Waals surface area contributed by atoms with Crippen molar-refractivity contribution in [1.29, 1.82) is 0 Å². The van der Waals surface area contributed by atoms with Crippen molar-refractivity contribution in [3.8, 4) is 0 Å². The maximum Gasteiger partial charge on any atom is 0.417 e. The van der Waals surface area contributed by atoms with E-state index in [9.17, 15) is 23.1 Å². The molecule has 116 valence electrons. The zero-order valence-electron chi connectivity index (χ0n) is 11.0. The SMILES string of the molecule is O=C(O)N(Cc1cccc(C(F)(F)F)c1Cl)[C@H]1CCNC1. The van der Waals surface area contributed by atoms with Crippen LogP contribution < -0.4 is 5.32 Å². The lowest BCUT2D eigenvalue weighted by Gasteiger charge is -2.26. The number of alkyl halides is 3. The van der Waals surface area contributed by atoms with E-state index in [1.165, 1.54) is 12.1 Å². The van der Waals surface area contributed by atoms with Crippen LogP contribution in [0.3, 0.4) is 0 Å². The zero-order valence-corrected chi connectivity index (χ0v) is 11.7. The summed E-state index contributed by atoms with van der Waals surface area (Å²) in [5.74, 6) is 0. The highest BCUT2D eigenvalue weighted by atomic mass is 35.5. The average Bonchev–Trinajstić information content (AvgIpc) is 2.89. The van der Waals surface area contributed by atoms with Crippen LogP contribution in [0.25, 0.3) is 0 Å². The first-order valence-electron chi connectivity index (χ1n) is 6.35. The van der Waals surface area contributed by atoms with Crippen LogP contribution in [0.4, 0.5) is 18.0 Å². The van der Waals surface area contributed by atoms with Gasteiger partial charge in [0.1, 0.15) is 0 Å². The van der Waals surface area contributed by atoms with E-state index in [2.05, 4.69) is 5.32 Å². The van der Waals surface area contributed by atoms with Gasteiger partial charge in [-0.05, 0) is 24.6 Å². The number of amides is 1. The van der Waals surface area contributed by atoms with Gasteiger partial charge in [0.05, 0.1) is 17.1 Å². The number of carboxylic acid groups (broad SMARTS) is 1. The Kier molecular flexibility index (Phi) is 4.63. The Balaban J connectivity index is 2.27. The summed E-state index contributed by atoms with van der Waals surface area (Å²) in [5.41, 5.74) is -0.794. The zero-order chi connectivity index (χ0) is 15.6. The van der Waals surface area contributed by atoms with Crippen LogP contribution in [0.1, 0.15) is 17.5 Å². The van der Waals surface area contributed by atoms with E-state index in [0.29, 0.717) is 19.5 Å². The molecule has 0 aromatic heterocycles. The first-order chi connectivity index (χ1) is 9.80. The van der Waals surface area contributed by atoms with Crippen LogP contribution in [0.5, 0.6) is 0 Å². The number of hydrogen-bond acceptors (Lipinski definition) is 2. The second-order valence-electron chi connectivity index (χ2n) is 4.83. The van der Waals surface area contributed by atoms with Crippen molar-refractivity contribution in [3.05, 3.63) is 34.3 Å². The molecule has 1 aliphatic heterocycles. The molecule has 0 radical (unpaired) electrons. The van der Waals surface area contributed by atoms with Gasteiger partial charge in [0.15, 0.2) is 0 Å². The van der Waals surface area contributed by atoms with Crippen LogP contribution in [0.2, 0.25) is 5.02 Å². The highest BCUT2D eigenvalue weighted by Crippen LogP contribution is 2.36. The molecule has 1 aromatic rings. The first kappa shape index (κ1) is 15.9. The molecule has 1 aliphatic rings. The third kappa shape index (κ3) is 3.59. The maximum atomic E-state index is 12.8. The Morgan fingerprint density at radius 1 is 1.48 bits per heavy atom. The lowest BCUT2D eigenvalue weighted by Crippen LogP contribution is -2.40. The van der Waals surface area contributed by atoms with Gasteiger partial charge in [0, 0.05) is 12.6 Å². The summed E-state index contributed by atoms with van der Waals surface area (Å²) in [4.78, 5) is 12.4. The van der Waals surface area contributed by atoms with E-state index in [1.54, 1.807) is 0 Å². The minimum atomic E-state index is -4.56. The molecule has 1 saturated heterocycles. The molecule has 4 nitrogen and oxygen atoms in total. The molecule has 0 unspecified atom stereocenters. The molecular formula is C13H14ClF3N2O2. The molecule has 1 heterocycles. The summed E-state index contributed by atoms with van der Waals surface area (Å²) in [6, 6.07) is 3.27. The van der Waals surface area contributed by atoms with Crippen molar-refractivity contribution in [2.75, 3.05) is 13.1 Å². The lowest BCUT2D eigenvalue weighted by molar-refractivity contribution is -0.137. The number of nitrogens with zero attached hydrogens (tertiary/aromatic N) is 1. The number of carbonyl (C=O) groups is 1. The predicted octanol–water partition coefficient (Wildman–Crippen LogP) is 3.20. The summed E-state index contributed by atoms with van der Waals surface area (Å²) in [6.45, 7) is 1.01. The standard InChI is InChI=1S/C13H14ClF3N2O2/c14-11-8(2-1-3-10(11)13(15,16)17)7-19(12(20)21)9-4-5-18-6-9/h1-3,9,18H,4-7H2,(H,20,21)/t9-/m0/s1. The molecule has 8 heteroatoms. The summed E-state index contributed by atoms with van der Waals surface area (Å²) < 4.78 is 38.4. The molecule has 1 atom stereocenters. The third-order valence-corrected chi connectivity index (χ3v) is 3.89. The normalized spacial score (nSPS) is 18.8. The van der Waals surface area contributed by atoms with Gasteiger partial charge in [-0.2, -0.15) is 13.2 Å². The van der Waals surface area contributed by atoms with E-state index < -0.39 is 22.9 Å². The van der Waals surface area contributed by atoms with Gasteiger partial charge in [-0.1, -0.05) is 23.7 Å². The second-order valence-corrected chi connectivity index (χ2v) is 5.21. The van der Waals surface area contributed by atoms with Gasteiger partial charge in [-0.15, -0.1) is 0 Å². The molecule has 0 spiro atoms. The quantitative estimate of drug-likeness (QED) is 0.898. The van der Waals surface area contributed by atoms with Crippen LogP contribution in [0, 0.1) is 0 Å². The molecule has 21 heavy (non-hydrogen) atoms. The van der Waals surface area contributed by atoms with Crippen molar-refractivity contribution in [1.82, 2.24) is 10.2 Å². The van der Waals surface area contributed by atoms with E-state index in [-0.39, 0.29) is 18.2 Å². The van der Waals surface area contributed by atoms with Crippen molar-refractivity contribution in [3.63, 3.8) is 0 Å². The number of rotatable bonds is 3. The molecular weight excluding hydrogens is 309 g/mol. The van der Waals surface area contributed by atoms with E-state index >= 15 is 0 Å². The van der Waals surface area contributed by atoms with E-state index in [4.69, 9.17) is 11.6 Å². The van der Waals surface area contributed by atoms with E-state index in [0.717, 1.165) is 11.0 Å². The fourth-order valence-electron chi connectivity index (χ4n) is 2.36. The van der Waals surface area contributed by atoms with Gasteiger partial charge in [0.2, 0.25) is 0 Å². The van der Waals surface area contributed by atoms with Crippen molar-refractivity contribution >= 4 is 17.7 Å². The van der Waals surface area contributed by atoms with Crippen LogP contribution in [0.15, 0.2) is 18.2 Å². The third-order valence-electron chi connectivity index (χ3n) is 3.45. The number of halogens is 4. The van der Waals surface area contributed by atoms with Crippen molar-refractivity contribution < 1.29 is 23.1 Å². The van der Waals surface area contributed by atoms with Crippen LogP contribution in [-0.4, -0.2) is 35.2 Å². The first-order valence-corrected chi connectivity index (χ1v) is 6.73. The van der Waals surface area contributed by atoms with E-state index in [1.807, 2.05) is 0 Å². The molecule has 1 fully saturated rings. The lowest BCUT2D eigenvalue weighted by atomic mass is 10.1. The van der Waals surface area contributed by atoms with Crippen molar-refractivity contribution in [2.24, 2.45) is 0 Å². The van der Waals surface area contributed by atoms with Crippen LogP contribution >= 0.6 is 11.6 Å². The van der Waals surface area contributed by atoms with Gasteiger partial charge >= 0.3 is 12.3 Å². The topological polar surface area (TPSA) is 52.6 Å². The summed E-state index contributed by atoms with van der Waals surface area (Å²) >= 11 is 5.79. The summed E-state index contributed by atoms with van der Waals surface area (Å²) in [5, 5.41) is 11.8. The smallest absolute Gasteiger partial charge is 0.417 e. The predicted molar refractivity (Wildman–Crippen MR) is 71.3 cm³/mol. The monoisotopic (exact) mass is 322 g/mol. The van der Waals surface area contributed by atoms with Crippen LogP contribution in [-0.2, 0) is 12.7 Å². The highest BCUT2D eigenvalue weighted by molar-refractivity contribution is 6.32. The molecule has 0 saturated carbocycles. The molecule has 0 aliphatic carbocycles. The number of benzene rings is 1. The van der Waals surface area contributed by atoms with Gasteiger partial charge < -0.3 is 10.4 Å². The Labute approximate surface area is 124 Å². The molecule has 0 bridgehead atoms. The van der Waals surface area contributed by atoms with Crippen molar-refractivity contribution in [2.45, 2.75) is 25.2 Å². The fraction of sp³-hybridized carbons (Fsp3) is 0.462. The molecule has 1 aromatic carbocycles. The Bertz CT molecular complexity index is 531. The summed E-state index contributed by atoms with van der Waals surface area (Å²) in [7, 11) is 0.